The summed E-state index contributed by atoms with van der Waals surface area (Å²) in [5.41, 5.74) is 3.12. The highest BCUT2D eigenvalue weighted by atomic mass is 35.5. The Morgan fingerprint density at radius 3 is 2.49 bits per heavy atom. The topological polar surface area (TPSA) is 70.9 Å². The van der Waals surface area contributed by atoms with Gasteiger partial charge in [0.05, 0.1) is 30.8 Å². The predicted molar refractivity (Wildman–Crippen MR) is 163 cm³/mol. The predicted octanol–water partition coefficient (Wildman–Crippen LogP) is 5.67. The Balaban J connectivity index is 1.20. The molecule has 10 heteroatoms. The minimum absolute atomic E-state index is 0.0333. The molecular formula is C31H34ClN5O3S. The highest BCUT2D eigenvalue weighted by Gasteiger charge is 2.25. The van der Waals surface area contributed by atoms with Crippen molar-refractivity contribution in [3.05, 3.63) is 99.2 Å². The molecule has 8 nitrogen and oxygen atoms in total. The third kappa shape index (κ3) is 6.74. The molecule has 0 aliphatic carbocycles. The smallest absolute Gasteiger partial charge is 0.273 e. The van der Waals surface area contributed by atoms with Gasteiger partial charge < -0.3 is 24.0 Å². The van der Waals surface area contributed by atoms with E-state index >= 15 is 0 Å². The van der Waals surface area contributed by atoms with Crippen LogP contribution >= 0.6 is 22.9 Å². The molecule has 0 N–H and O–H groups in total. The summed E-state index contributed by atoms with van der Waals surface area (Å²) in [6.45, 7) is 6.49. The molecule has 214 valence electrons. The SMILES string of the molecule is CCCN(Cc1cccn1Cc1nc(C(=O)N2CCN(c3ccc(OC)cc3)CC2)cs1)C(=O)c1ccccc1Cl. The summed E-state index contributed by atoms with van der Waals surface area (Å²) in [5, 5.41) is 3.15. The number of aromatic nitrogens is 2. The van der Waals surface area contributed by atoms with Crippen molar-refractivity contribution in [1.29, 1.82) is 0 Å². The fourth-order valence-electron chi connectivity index (χ4n) is 5.02. The van der Waals surface area contributed by atoms with Crippen LogP contribution < -0.4 is 9.64 Å². The normalized spacial score (nSPS) is 13.3. The molecule has 0 unspecified atom stereocenters. The zero-order chi connectivity index (χ0) is 28.8. The van der Waals surface area contributed by atoms with Crippen molar-refractivity contribution in [1.82, 2.24) is 19.4 Å². The Bertz CT molecular complexity index is 1480. The Morgan fingerprint density at radius 1 is 1.02 bits per heavy atom. The molecule has 2 aromatic heterocycles. The first-order valence-electron chi connectivity index (χ1n) is 13.8. The summed E-state index contributed by atoms with van der Waals surface area (Å²) in [5.74, 6) is 0.714. The number of anilines is 1. The van der Waals surface area contributed by atoms with Crippen LogP contribution in [0.3, 0.4) is 0 Å². The first-order valence-corrected chi connectivity index (χ1v) is 15.0. The van der Waals surface area contributed by atoms with Crippen molar-refractivity contribution in [3.63, 3.8) is 0 Å². The molecule has 0 bridgehead atoms. The molecule has 4 aromatic rings. The molecule has 1 aliphatic heterocycles. The average molecular weight is 592 g/mol. The maximum absolute atomic E-state index is 13.3. The van der Waals surface area contributed by atoms with Gasteiger partial charge in [-0.05, 0) is 55.0 Å². The molecule has 0 saturated carbocycles. The maximum Gasteiger partial charge on any atom is 0.273 e. The maximum atomic E-state index is 13.3. The molecule has 1 saturated heterocycles. The highest BCUT2D eigenvalue weighted by molar-refractivity contribution is 7.09. The number of hydrogen-bond donors (Lipinski definition) is 0. The minimum Gasteiger partial charge on any atom is -0.497 e. The van der Waals surface area contributed by atoms with Crippen molar-refractivity contribution in [2.45, 2.75) is 26.4 Å². The summed E-state index contributed by atoms with van der Waals surface area (Å²) in [6, 6.07) is 19.2. The quantitative estimate of drug-likeness (QED) is 0.238. The van der Waals surface area contributed by atoms with Gasteiger partial charge in [0, 0.05) is 55.7 Å². The molecule has 2 amide bonds. The third-order valence-electron chi connectivity index (χ3n) is 7.24. The number of carbonyl (C=O) groups is 2. The molecule has 3 heterocycles. The van der Waals surface area contributed by atoms with Crippen LogP contribution in [-0.4, -0.2) is 71.0 Å². The van der Waals surface area contributed by atoms with Crippen LogP contribution in [0.5, 0.6) is 5.75 Å². The molecule has 1 fully saturated rings. The van der Waals surface area contributed by atoms with Gasteiger partial charge >= 0.3 is 0 Å². The van der Waals surface area contributed by atoms with Gasteiger partial charge in [0.15, 0.2) is 0 Å². The lowest BCUT2D eigenvalue weighted by Gasteiger charge is -2.35. The van der Waals surface area contributed by atoms with E-state index in [-0.39, 0.29) is 11.8 Å². The molecule has 0 atom stereocenters. The lowest BCUT2D eigenvalue weighted by atomic mass is 10.2. The number of rotatable bonds is 10. The molecular weight excluding hydrogens is 558 g/mol. The average Bonchev–Trinajstić information content (AvgIpc) is 3.66. The van der Waals surface area contributed by atoms with Gasteiger partial charge in [-0.15, -0.1) is 11.3 Å². The van der Waals surface area contributed by atoms with E-state index in [4.69, 9.17) is 16.3 Å². The van der Waals surface area contributed by atoms with Crippen LogP contribution in [0, 0.1) is 0 Å². The Morgan fingerprint density at radius 2 is 1.78 bits per heavy atom. The third-order valence-corrected chi connectivity index (χ3v) is 8.41. The van der Waals surface area contributed by atoms with E-state index in [1.807, 2.05) is 69.9 Å². The van der Waals surface area contributed by atoms with Crippen LogP contribution in [0.15, 0.2) is 72.2 Å². The lowest BCUT2D eigenvalue weighted by molar-refractivity contribution is 0.0732. The molecule has 0 radical (unpaired) electrons. The molecule has 0 spiro atoms. The van der Waals surface area contributed by atoms with E-state index in [1.165, 1.54) is 11.3 Å². The van der Waals surface area contributed by atoms with Crippen LogP contribution in [0.4, 0.5) is 5.69 Å². The highest BCUT2D eigenvalue weighted by Crippen LogP contribution is 2.23. The number of amides is 2. The standard InChI is InChI=1S/C31H34ClN5O3S/c1-3-14-37(30(38)26-8-4-5-9-27(26)32)20-24-7-6-15-36(24)21-29-33-28(22-41-29)31(39)35-18-16-34(17-19-35)23-10-12-25(40-2)13-11-23/h4-13,15,22H,3,14,16-21H2,1-2H3. The zero-order valence-electron chi connectivity index (χ0n) is 23.3. The number of piperazine rings is 1. The van der Waals surface area contributed by atoms with E-state index in [2.05, 4.69) is 21.4 Å². The summed E-state index contributed by atoms with van der Waals surface area (Å²) >= 11 is 7.80. The Labute approximate surface area is 249 Å². The van der Waals surface area contributed by atoms with E-state index in [9.17, 15) is 9.59 Å². The van der Waals surface area contributed by atoms with Crippen LogP contribution in [0.2, 0.25) is 5.02 Å². The summed E-state index contributed by atoms with van der Waals surface area (Å²) in [7, 11) is 1.66. The van der Waals surface area contributed by atoms with E-state index in [0.29, 0.717) is 49.0 Å². The van der Waals surface area contributed by atoms with E-state index in [0.717, 1.165) is 41.6 Å². The second-order valence-electron chi connectivity index (χ2n) is 9.94. The van der Waals surface area contributed by atoms with Crippen LogP contribution in [0.1, 0.15) is 44.9 Å². The monoisotopic (exact) mass is 591 g/mol. The number of nitrogens with zero attached hydrogens (tertiary/aromatic N) is 5. The number of thiazole rings is 1. The summed E-state index contributed by atoms with van der Waals surface area (Å²) in [4.78, 5) is 37.2. The fourth-order valence-corrected chi connectivity index (χ4v) is 6.00. The van der Waals surface area contributed by atoms with Crippen molar-refractivity contribution in [3.8, 4) is 5.75 Å². The Hall–Kier alpha value is -3.82. The Kier molecular flexibility index (Phi) is 9.26. The number of halogens is 1. The van der Waals surface area contributed by atoms with Gasteiger partial charge in [-0.3, -0.25) is 9.59 Å². The molecule has 41 heavy (non-hydrogen) atoms. The van der Waals surface area contributed by atoms with Crippen LogP contribution in [0.25, 0.3) is 0 Å². The van der Waals surface area contributed by atoms with Gasteiger partial charge in [-0.2, -0.15) is 0 Å². The molecule has 5 rings (SSSR count). The van der Waals surface area contributed by atoms with Gasteiger partial charge in [0.1, 0.15) is 16.5 Å². The first kappa shape index (κ1) is 28.7. The van der Waals surface area contributed by atoms with E-state index < -0.39 is 0 Å². The lowest BCUT2D eigenvalue weighted by Crippen LogP contribution is -2.48. The fraction of sp³-hybridized carbons (Fsp3) is 0.323. The van der Waals surface area contributed by atoms with Crippen molar-refractivity contribution in [2.75, 3.05) is 44.7 Å². The zero-order valence-corrected chi connectivity index (χ0v) is 24.9. The number of hydrogen-bond acceptors (Lipinski definition) is 6. The van der Waals surface area contributed by atoms with E-state index in [1.54, 1.807) is 19.2 Å². The largest absolute Gasteiger partial charge is 0.497 e. The number of methoxy groups -OCH3 is 1. The molecule has 1 aliphatic rings. The van der Waals surface area contributed by atoms with Crippen molar-refractivity contribution < 1.29 is 14.3 Å². The summed E-state index contributed by atoms with van der Waals surface area (Å²) in [6.07, 6.45) is 2.82. The molecule has 2 aromatic carbocycles. The number of benzene rings is 2. The van der Waals surface area contributed by atoms with Gasteiger partial charge in [-0.25, -0.2) is 4.98 Å². The van der Waals surface area contributed by atoms with Gasteiger partial charge in [-0.1, -0.05) is 30.7 Å². The van der Waals surface area contributed by atoms with Crippen molar-refractivity contribution >= 4 is 40.4 Å². The minimum atomic E-state index is -0.0839. The van der Waals surface area contributed by atoms with Gasteiger partial charge in [0.25, 0.3) is 11.8 Å². The number of carbonyl (C=O) groups excluding carboxylic acids is 2. The second kappa shape index (κ2) is 13.2. The number of ether oxygens (including phenoxy) is 1. The van der Waals surface area contributed by atoms with Gasteiger partial charge in [0.2, 0.25) is 0 Å². The first-order chi connectivity index (χ1) is 20.0. The van der Waals surface area contributed by atoms with Crippen molar-refractivity contribution in [2.24, 2.45) is 0 Å². The van der Waals surface area contributed by atoms with Crippen LogP contribution in [-0.2, 0) is 13.1 Å². The summed E-state index contributed by atoms with van der Waals surface area (Å²) < 4.78 is 7.34. The second-order valence-corrected chi connectivity index (χ2v) is 11.3.